The molecule has 3 N–H and O–H groups in total. The first-order chi connectivity index (χ1) is 8.70. The Hall–Kier alpha value is -1.12. The quantitative estimate of drug-likeness (QED) is 0.772. The van der Waals surface area contributed by atoms with Crippen LogP contribution in [0.15, 0.2) is 21.4 Å². The van der Waals surface area contributed by atoms with Crippen molar-refractivity contribution in [3.8, 4) is 0 Å². The minimum absolute atomic E-state index is 0.357. The highest BCUT2D eigenvalue weighted by atomic mass is 79.9. The lowest BCUT2D eigenvalue weighted by Gasteiger charge is -2.18. The zero-order chi connectivity index (χ0) is 14.4. The Morgan fingerprint density at radius 2 is 1.79 bits per heavy atom. The predicted octanol–water partition coefficient (Wildman–Crippen LogP) is 1.09. The highest BCUT2D eigenvalue weighted by Crippen LogP contribution is 2.30. The van der Waals surface area contributed by atoms with Gasteiger partial charge in [-0.2, -0.15) is 0 Å². The zero-order valence-electron chi connectivity index (χ0n) is 10.3. The molecular weight excluding hydrogens is 336 g/mol. The first-order valence-corrected chi connectivity index (χ1v) is 8.23. The van der Waals surface area contributed by atoms with E-state index in [1.54, 1.807) is 12.1 Å². The van der Waals surface area contributed by atoms with Crippen molar-refractivity contribution >= 4 is 36.8 Å². The summed E-state index contributed by atoms with van der Waals surface area (Å²) in [5.74, 6) is 0. The number of H-pyrrole nitrogens is 2. The molecule has 2 rings (SSSR count). The van der Waals surface area contributed by atoms with E-state index < -0.39 is 21.2 Å². The van der Waals surface area contributed by atoms with Crippen molar-refractivity contribution in [2.75, 3.05) is 6.26 Å². The lowest BCUT2D eigenvalue weighted by molar-refractivity contribution is 0.175. The number of imidazole rings is 1. The number of aromatic amines is 2. The molecule has 0 aliphatic carbocycles. The van der Waals surface area contributed by atoms with Crippen LogP contribution in [0.25, 0.3) is 11.0 Å². The third kappa shape index (κ3) is 2.75. The van der Waals surface area contributed by atoms with E-state index >= 15 is 0 Å². The maximum Gasteiger partial charge on any atom is 0.323 e. The highest BCUT2D eigenvalue weighted by Gasteiger charge is 2.27. The number of aromatic nitrogens is 2. The number of rotatable bonds is 3. The van der Waals surface area contributed by atoms with Gasteiger partial charge in [-0.1, -0.05) is 15.9 Å². The standard InChI is InChI=1S/C11H13BrN2O4S/c1-5(19(2,17)18)10(15)6-3-8-9(4-7(6)12)14-11(16)13-8/h3-5,10,15H,1-2H3,(H2,13,14,16). The topological polar surface area (TPSA) is 103 Å². The SMILES string of the molecule is CC(C(O)c1cc2[nH]c(=O)[nH]c2cc1Br)S(C)(=O)=O. The fourth-order valence-electron chi connectivity index (χ4n) is 1.79. The van der Waals surface area contributed by atoms with Crippen LogP contribution in [0, 0.1) is 0 Å². The Morgan fingerprint density at radius 1 is 1.26 bits per heavy atom. The lowest BCUT2D eigenvalue weighted by Crippen LogP contribution is -2.24. The van der Waals surface area contributed by atoms with Crippen LogP contribution in [0.5, 0.6) is 0 Å². The summed E-state index contributed by atoms with van der Waals surface area (Å²) in [6.07, 6.45) is -0.0990. The Balaban J connectivity index is 2.55. The molecular formula is C11H13BrN2O4S. The van der Waals surface area contributed by atoms with Crippen molar-refractivity contribution in [1.29, 1.82) is 0 Å². The van der Waals surface area contributed by atoms with Gasteiger partial charge >= 0.3 is 5.69 Å². The number of fused-ring (bicyclic) bond motifs is 1. The van der Waals surface area contributed by atoms with E-state index in [0.29, 0.717) is 21.1 Å². The van der Waals surface area contributed by atoms with Gasteiger partial charge in [0.05, 0.1) is 22.4 Å². The molecule has 104 valence electrons. The van der Waals surface area contributed by atoms with Crippen LogP contribution in [0.4, 0.5) is 0 Å². The average molecular weight is 349 g/mol. The fourth-order valence-corrected chi connectivity index (χ4v) is 2.98. The normalized spacial score (nSPS) is 15.6. The Morgan fingerprint density at radius 3 is 2.32 bits per heavy atom. The summed E-state index contributed by atoms with van der Waals surface area (Å²) in [4.78, 5) is 16.3. The summed E-state index contributed by atoms with van der Waals surface area (Å²) < 4.78 is 23.5. The Bertz CT molecular complexity index is 778. The second-order valence-corrected chi connectivity index (χ2v) is 7.73. The van der Waals surface area contributed by atoms with Gasteiger partial charge in [0.1, 0.15) is 0 Å². The van der Waals surface area contributed by atoms with Gasteiger partial charge in [-0.05, 0) is 24.6 Å². The minimum atomic E-state index is -3.37. The molecule has 1 aromatic heterocycles. The Labute approximate surface area is 117 Å². The van der Waals surface area contributed by atoms with Gasteiger partial charge in [-0.3, -0.25) is 0 Å². The average Bonchev–Trinajstić information content (AvgIpc) is 2.64. The van der Waals surface area contributed by atoms with Crippen LogP contribution in [0.1, 0.15) is 18.6 Å². The maximum atomic E-state index is 11.5. The van der Waals surface area contributed by atoms with E-state index in [0.717, 1.165) is 6.26 Å². The molecule has 2 atom stereocenters. The largest absolute Gasteiger partial charge is 0.387 e. The summed E-state index contributed by atoms with van der Waals surface area (Å²) in [6.45, 7) is 1.44. The van der Waals surface area contributed by atoms with Crippen molar-refractivity contribution in [3.05, 3.63) is 32.7 Å². The van der Waals surface area contributed by atoms with Gasteiger partial charge in [0, 0.05) is 10.7 Å². The highest BCUT2D eigenvalue weighted by molar-refractivity contribution is 9.10. The van der Waals surface area contributed by atoms with Crippen LogP contribution in [-0.4, -0.2) is 35.0 Å². The molecule has 0 saturated carbocycles. The second-order valence-electron chi connectivity index (χ2n) is 4.48. The monoisotopic (exact) mass is 348 g/mol. The second kappa shape index (κ2) is 4.77. The number of nitrogens with one attached hydrogen (secondary N) is 2. The smallest absolute Gasteiger partial charge is 0.323 e. The summed E-state index contributed by atoms with van der Waals surface area (Å²) >= 11 is 3.27. The summed E-state index contributed by atoms with van der Waals surface area (Å²) in [6, 6.07) is 3.18. The Kier molecular flexibility index (Phi) is 3.59. The molecule has 0 aliphatic heterocycles. The van der Waals surface area contributed by atoms with Gasteiger partial charge in [0.15, 0.2) is 9.84 Å². The molecule has 0 aliphatic rings. The zero-order valence-corrected chi connectivity index (χ0v) is 12.7. The van der Waals surface area contributed by atoms with Crippen molar-refractivity contribution in [2.24, 2.45) is 0 Å². The first kappa shape index (κ1) is 14.3. The summed E-state index contributed by atoms with van der Waals surface area (Å²) in [5.41, 5.74) is 1.16. The third-order valence-corrected chi connectivity index (χ3v) is 5.37. The van der Waals surface area contributed by atoms with Crippen LogP contribution in [0.2, 0.25) is 0 Å². The van der Waals surface area contributed by atoms with Crippen LogP contribution >= 0.6 is 15.9 Å². The third-order valence-electron chi connectivity index (χ3n) is 3.07. The van der Waals surface area contributed by atoms with Crippen molar-refractivity contribution in [3.63, 3.8) is 0 Å². The van der Waals surface area contributed by atoms with E-state index in [1.807, 2.05) is 0 Å². The van der Waals surface area contributed by atoms with Gasteiger partial charge in [-0.25, -0.2) is 13.2 Å². The van der Waals surface area contributed by atoms with Crippen LogP contribution < -0.4 is 5.69 Å². The molecule has 1 aromatic carbocycles. The fraction of sp³-hybridized carbons (Fsp3) is 0.364. The number of aliphatic hydroxyl groups excluding tert-OH is 1. The van der Waals surface area contributed by atoms with Crippen molar-refractivity contribution < 1.29 is 13.5 Å². The van der Waals surface area contributed by atoms with E-state index in [2.05, 4.69) is 25.9 Å². The summed E-state index contributed by atoms with van der Waals surface area (Å²) in [5, 5.41) is 9.22. The van der Waals surface area contributed by atoms with Crippen LogP contribution in [-0.2, 0) is 9.84 Å². The molecule has 0 spiro atoms. The number of hydrogen-bond donors (Lipinski definition) is 3. The van der Waals surface area contributed by atoms with Gasteiger partial charge in [-0.15, -0.1) is 0 Å². The van der Waals surface area contributed by atoms with E-state index in [1.165, 1.54) is 6.92 Å². The minimum Gasteiger partial charge on any atom is -0.387 e. The van der Waals surface area contributed by atoms with E-state index in [-0.39, 0.29) is 5.69 Å². The lowest BCUT2D eigenvalue weighted by atomic mass is 10.1. The molecule has 0 saturated heterocycles. The molecule has 8 heteroatoms. The molecule has 19 heavy (non-hydrogen) atoms. The van der Waals surface area contributed by atoms with Gasteiger partial charge in [0.2, 0.25) is 0 Å². The molecule has 2 aromatic rings. The van der Waals surface area contributed by atoms with E-state index in [4.69, 9.17) is 0 Å². The molecule has 2 unspecified atom stereocenters. The number of sulfone groups is 1. The van der Waals surface area contributed by atoms with E-state index in [9.17, 15) is 18.3 Å². The van der Waals surface area contributed by atoms with Crippen molar-refractivity contribution in [1.82, 2.24) is 9.97 Å². The molecule has 6 nitrogen and oxygen atoms in total. The summed E-state index contributed by atoms with van der Waals surface area (Å²) in [7, 11) is -3.37. The molecule has 0 bridgehead atoms. The predicted molar refractivity (Wildman–Crippen MR) is 75.9 cm³/mol. The van der Waals surface area contributed by atoms with Crippen LogP contribution in [0.3, 0.4) is 0 Å². The number of benzene rings is 1. The first-order valence-electron chi connectivity index (χ1n) is 5.48. The number of aliphatic hydroxyl groups is 1. The number of halogens is 1. The molecule has 0 amide bonds. The van der Waals surface area contributed by atoms with Crippen molar-refractivity contribution in [2.45, 2.75) is 18.3 Å². The molecule has 0 fully saturated rings. The molecule has 0 radical (unpaired) electrons. The van der Waals surface area contributed by atoms with Gasteiger partial charge < -0.3 is 15.1 Å². The number of hydrogen-bond acceptors (Lipinski definition) is 4. The van der Waals surface area contributed by atoms with Gasteiger partial charge in [0.25, 0.3) is 0 Å². The maximum absolute atomic E-state index is 11.5. The molecule has 1 heterocycles.